The van der Waals surface area contributed by atoms with Gasteiger partial charge in [-0.1, -0.05) is 99.6 Å². The molecule has 0 aliphatic rings. The Balaban J connectivity index is 3.79. The van der Waals surface area contributed by atoms with Gasteiger partial charge in [0, 0.05) is 19.4 Å². The Hall–Kier alpha value is -2.55. The molecule has 0 radical (unpaired) electrons. The van der Waals surface area contributed by atoms with Crippen LogP contribution in [0.1, 0.15) is 90.9 Å². The van der Waals surface area contributed by atoms with Gasteiger partial charge in [0.15, 0.2) is 0 Å². The van der Waals surface area contributed by atoms with Crippen LogP contribution in [0.15, 0.2) is 72.9 Å². The topological polar surface area (TPSA) is 131 Å². The van der Waals surface area contributed by atoms with Crippen LogP contribution in [0.3, 0.4) is 0 Å². The average Bonchev–Trinajstić information content (AvgIpc) is 2.98. The summed E-state index contributed by atoms with van der Waals surface area (Å²) >= 11 is 0. The minimum Gasteiger partial charge on any atom is -0.463 e. The normalized spacial score (nSPS) is 14.6. The van der Waals surface area contributed by atoms with Gasteiger partial charge in [0.05, 0.1) is 13.2 Å². The van der Waals surface area contributed by atoms with Crippen LogP contribution in [0.25, 0.3) is 0 Å². The van der Waals surface area contributed by atoms with Crippen molar-refractivity contribution in [1.29, 1.82) is 0 Å². The van der Waals surface area contributed by atoms with Crippen LogP contribution >= 0.6 is 7.82 Å². The highest BCUT2D eigenvalue weighted by atomic mass is 31.2. The quantitative estimate of drug-likeness (QED) is 0.0379. The molecule has 0 heterocycles. The van der Waals surface area contributed by atoms with Gasteiger partial charge in [0.25, 0.3) is 0 Å². The number of phosphoric ester groups is 1. The highest BCUT2D eigenvalue weighted by molar-refractivity contribution is 7.47. The molecule has 43 heavy (non-hydrogen) atoms. The van der Waals surface area contributed by atoms with Gasteiger partial charge in [-0.15, -0.1) is 0 Å². The van der Waals surface area contributed by atoms with E-state index in [1.54, 1.807) is 0 Å². The molecule has 0 fully saturated rings. The molecule has 0 saturated heterocycles. The number of amides is 1. The molecular weight excluding hydrogens is 569 g/mol. The van der Waals surface area contributed by atoms with E-state index in [0.29, 0.717) is 19.3 Å². The summed E-state index contributed by atoms with van der Waals surface area (Å²) in [4.78, 5) is 33.1. The number of carbonyl (C=O) groups excluding carboxylic acids is 2. The number of unbranched alkanes of at least 4 members (excludes halogenated alkanes) is 2. The summed E-state index contributed by atoms with van der Waals surface area (Å²) in [5.41, 5.74) is 0. The second kappa shape index (κ2) is 29.5. The summed E-state index contributed by atoms with van der Waals surface area (Å²) in [5, 5.41) is 12.4. The van der Waals surface area contributed by atoms with Crippen LogP contribution in [-0.4, -0.2) is 54.3 Å². The van der Waals surface area contributed by atoms with Crippen molar-refractivity contribution in [3.63, 3.8) is 0 Å². The molecular formula is C33H54NO8P. The minimum absolute atomic E-state index is 0.0361. The highest BCUT2D eigenvalue weighted by Crippen LogP contribution is 2.42. The number of phosphoric acid groups is 1. The number of ether oxygens (including phenoxy) is 1. The zero-order valence-electron chi connectivity index (χ0n) is 26.1. The Kier molecular flexibility index (Phi) is 27.8. The van der Waals surface area contributed by atoms with Gasteiger partial charge in [0.1, 0.15) is 12.7 Å². The molecule has 9 nitrogen and oxygen atoms in total. The molecule has 0 spiro atoms. The lowest BCUT2D eigenvalue weighted by molar-refractivity contribution is -0.147. The standard InChI is InChI=1S/C33H54NO8P/c1-3-5-7-8-9-10-11-12-13-14-15-16-17-18-19-20-21-22-24-25-32(36)34-27-28-41-43(38,39)42-30-31(35)29-40-33(37)26-23-6-4-2/h5,7,9-10,12-13,15-16,18-19,21-22,31,35H,3-4,6,8,11,14,17,20,23-30H2,1-2H3,(H,34,36)(H,38,39)/b7-5-,10-9-,13-12-,16-15-,19-18-,22-21-. The van der Waals surface area contributed by atoms with E-state index in [4.69, 9.17) is 13.8 Å². The predicted molar refractivity (Wildman–Crippen MR) is 173 cm³/mol. The first-order valence-corrected chi connectivity index (χ1v) is 16.9. The summed E-state index contributed by atoms with van der Waals surface area (Å²) in [6.07, 6.45) is 33.7. The molecule has 0 aromatic heterocycles. The summed E-state index contributed by atoms with van der Waals surface area (Å²) in [6, 6.07) is 0. The van der Waals surface area contributed by atoms with Crippen molar-refractivity contribution in [2.75, 3.05) is 26.4 Å². The molecule has 10 heteroatoms. The van der Waals surface area contributed by atoms with Crippen LogP contribution in [0, 0.1) is 0 Å². The lowest BCUT2D eigenvalue weighted by atomic mass is 10.2. The predicted octanol–water partition coefficient (Wildman–Crippen LogP) is 7.20. The first-order valence-electron chi connectivity index (χ1n) is 15.4. The Labute approximate surface area is 259 Å². The van der Waals surface area contributed by atoms with Gasteiger partial charge in [-0.25, -0.2) is 4.57 Å². The van der Waals surface area contributed by atoms with Crippen molar-refractivity contribution >= 4 is 19.7 Å². The van der Waals surface area contributed by atoms with E-state index in [1.165, 1.54) is 0 Å². The van der Waals surface area contributed by atoms with Crippen LogP contribution in [0.5, 0.6) is 0 Å². The largest absolute Gasteiger partial charge is 0.472 e. The molecule has 0 aromatic carbocycles. The van der Waals surface area contributed by atoms with Crippen LogP contribution in [-0.2, 0) is 27.9 Å². The monoisotopic (exact) mass is 623 g/mol. The van der Waals surface area contributed by atoms with Crippen LogP contribution < -0.4 is 5.32 Å². The number of carbonyl (C=O) groups is 2. The lowest BCUT2D eigenvalue weighted by Crippen LogP contribution is -2.27. The SMILES string of the molecule is CC/C=C\C/C=C\C/C=C\C/C=C\C/C=C\C/C=C\CCC(=O)NCCOP(=O)(O)OCC(O)COC(=O)CCCCC. The zero-order chi connectivity index (χ0) is 31.9. The fourth-order valence-electron chi connectivity index (χ4n) is 3.34. The first-order chi connectivity index (χ1) is 20.8. The zero-order valence-corrected chi connectivity index (χ0v) is 27.0. The number of allylic oxidation sites excluding steroid dienone is 12. The number of hydrogen-bond acceptors (Lipinski definition) is 7. The molecule has 0 aromatic rings. The summed E-state index contributed by atoms with van der Waals surface area (Å²) in [6.45, 7) is 3.09. The maximum absolute atomic E-state index is 11.9. The second-order valence-electron chi connectivity index (χ2n) is 9.70. The van der Waals surface area contributed by atoms with Gasteiger partial charge in [-0.2, -0.15) is 0 Å². The molecule has 0 saturated carbocycles. The Morgan fingerprint density at radius 3 is 1.81 bits per heavy atom. The second-order valence-corrected chi connectivity index (χ2v) is 11.1. The number of rotatable bonds is 27. The van der Waals surface area contributed by atoms with Crippen molar-refractivity contribution in [2.45, 2.75) is 97.0 Å². The van der Waals surface area contributed by atoms with E-state index < -0.39 is 26.5 Å². The van der Waals surface area contributed by atoms with E-state index in [-0.39, 0.29) is 32.1 Å². The number of esters is 1. The lowest BCUT2D eigenvalue weighted by Gasteiger charge is -2.15. The fraction of sp³-hybridized carbons (Fsp3) is 0.576. The van der Waals surface area contributed by atoms with Gasteiger partial charge in [-0.05, 0) is 51.4 Å². The fourth-order valence-corrected chi connectivity index (χ4v) is 4.10. The van der Waals surface area contributed by atoms with E-state index >= 15 is 0 Å². The Morgan fingerprint density at radius 2 is 1.28 bits per heavy atom. The van der Waals surface area contributed by atoms with Crippen molar-refractivity contribution in [1.82, 2.24) is 5.32 Å². The van der Waals surface area contributed by atoms with Crippen LogP contribution in [0.4, 0.5) is 0 Å². The third-order valence-electron chi connectivity index (χ3n) is 5.66. The minimum atomic E-state index is -4.41. The van der Waals surface area contributed by atoms with E-state index in [0.717, 1.165) is 51.4 Å². The summed E-state index contributed by atoms with van der Waals surface area (Å²) in [5.74, 6) is -0.638. The van der Waals surface area contributed by atoms with Crippen molar-refractivity contribution in [2.24, 2.45) is 0 Å². The van der Waals surface area contributed by atoms with Gasteiger partial charge >= 0.3 is 13.8 Å². The number of aliphatic hydroxyl groups is 1. The number of hydrogen-bond donors (Lipinski definition) is 3. The van der Waals surface area contributed by atoms with E-state index in [2.05, 4.69) is 73.0 Å². The maximum atomic E-state index is 11.9. The maximum Gasteiger partial charge on any atom is 0.472 e. The summed E-state index contributed by atoms with van der Waals surface area (Å²) in [7, 11) is -4.41. The molecule has 0 bridgehead atoms. The molecule has 0 aliphatic heterocycles. The third kappa shape index (κ3) is 30.7. The molecule has 1 amide bonds. The van der Waals surface area contributed by atoms with Gasteiger partial charge in [-0.3, -0.25) is 18.6 Å². The van der Waals surface area contributed by atoms with Crippen molar-refractivity contribution in [3.05, 3.63) is 72.9 Å². The average molecular weight is 624 g/mol. The first kappa shape index (κ1) is 40.5. The molecule has 0 rings (SSSR count). The smallest absolute Gasteiger partial charge is 0.463 e. The molecule has 244 valence electrons. The van der Waals surface area contributed by atoms with E-state index in [9.17, 15) is 24.2 Å². The molecule has 2 unspecified atom stereocenters. The third-order valence-corrected chi connectivity index (χ3v) is 6.65. The molecule has 2 atom stereocenters. The Morgan fingerprint density at radius 1 is 0.744 bits per heavy atom. The van der Waals surface area contributed by atoms with Crippen molar-refractivity contribution < 1.29 is 37.9 Å². The molecule has 3 N–H and O–H groups in total. The van der Waals surface area contributed by atoms with Crippen LogP contribution in [0.2, 0.25) is 0 Å². The molecule has 0 aliphatic carbocycles. The van der Waals surface area contributed by atoms with Gasteiger partial charge < -0.3 is 20.1 Å². The highest BCUT2D eigenvalue weighted by Gasteiger charge is 2.23. The number of aliphatic hydroxyl groups excluding tert-OH is 1. The van der Waals surface area contributed by atoms with Gasteiger partial charge in [0.2, 0.25) is 5.91 Å². The Bertz CT molecular complexity index is 939. The number of nitrogens with one attached hydrogen (secondary N) is 1. The van der Waals surface area contributed by atoms with Crippen molar-refractivity contribution in [3.8, 4) is 0 Å². The van der Waals surface area contributed by atoms with E-state index in [1.807, 2.05) is 19.1 Å². The summed E-state index contributed by atoms with van der Waals surface area (Å²) < 4.78 is 26.3.